The average Bonchev–Trinajstić information content (AvgIpc) is 2.85. The Morgan fingerprint density at radius 2 is 2.22 bits per heavy atom. The van der Waals surface area contributed by atoms with Crippen LogP contribution in [0.3, 0.4) is 0 Å². The van der Waals surface area contributed by atoms with E-state index in [1.165, 1.54) is 5.56 Å². The van der Waals surface area contributed by atoms with Crippen molar-refractivity contribution in [3.63, 3.8) is 0 Å². The number of imidazole rings is 2. The van der Waals surface area contributed by atoms with Crippen LogP contribution in [0.1, 0.15) is 31.0 Å². The zero-order valence-corrected chi connectivity index (χ0v) is 11.0. The number of hydrogen-bond donors (Lipinski definition) is 2. The molecule has 2 aromatic heterocycles. The minimum absolute atomic E-state index is 0.536. The van der Waals surface area contributed by atoms with Gasteiger partial charge >= 0.3 is 0 Å². The maximum atomic E-state index is 4.64. The van der Waals surface area contributed by atoms with E-state index in [0.717, 1.165) is 29.0 Å². The molecule has 4 heteroatoms. The quantitative estimate of drug-likeness (QED) is 0.741. The second-order valence-electron chi connectivity index (χ2n) is 5.02. The number of benzene rings is 1. The van der Waals surface area contributed by atoms with Crippen LogP contribution in [0.2, 0.25) is 0 Å². The number of rotatable bonds is 3. The van der Waals surface area contributed by atoms with Gasteiger partial charge in [-0.15, -0.1) is 0 Å². The molecule has 0 atom stereocenters. The maximum absolute atomic E-state index is 4.64. The van der Waals surface area contributed by atoms with Crippen molar-refractivity contribution in [2.75, 3.05) is 7.05 Å². The lowest BCUT2D eigenvalue weighted by molar-refractivity contribution is 0.797. The Hall–Kier alpha value is -1.81. The summed E-state index contributed by atoms with van der Waals surface area (Å²) in [7, 11) is 1.94. The summed E-state index contributed by atoms with van der Waals surface area (Å²) in [6, 6.07) is 6.52. The number of hydrogen-bond acceptors (Lipinski definition) is 2. The van der Waals surface area contributed by atoms with Crippen LogP contribution < -0.4 is 5.32 Å². The standard InChI is InChI=1S/C14H18N4/c1-9(2)10-4-5-13-12(6-10)17-14-16-11(7-15-3)8-18(13)14/h4-6,8-9,15H,7H2,1-3H3,(H,16,17). The minimum Gasteiger partial charge on any atom is -0.326 e. The van der Waals surface area contributed by atoms with Gasteiger partial charge in [0.15, 0.2) is 0 Å². The van der Waals surface area contributed by atoms with E-state index in [4.69, 9.17) is 0 Å². The first-order chi connectivity index (χ1) is 8.69. The van der Waals surface area contributed by atoms with Gasteiger partial charge in [-0.2, -0.15) is 0 Å². The van der Waals surface area contributed by atoms with Crippen LogP contribution in [0, 0.1) is 0 Å². The van der Waals surface area contributed by atoms with Crippen LogP contribution >= 0.6 is 0 Å². The Balaban J connectivity index is 2.17. The lowest BCUT2D eigenvalue weighted by Crippen LogP contribution is -2.04. The summed E-state index contributed by atoms with van der Waals surface area (Å²) in [5.41, 5.74) is 4.70. The van der Waals surface area contributed by atoms with Crippen molar-refractivity contribution in [3.05, 3.63) is 35.7 Å². The Kier molecular flexibility index (Phi) is 2.59. The molecule has 0 saturated carbocycles. The van der Waals surface area contributed by atoms with Crippen LogP contribution in [0.4, 0.5) is 0 Å². The fourth-order valence-electron chi connectivity index (χ4n) is 2.31. The van der Waals surface area contributed by atoms with Crippen LogP contribution in [0.25, 0.3) is 16.8 Å². The normalized spacial score (nSPS) is 12.0. The van der Waals surface area contributed by atoms with E-state index in [2.05, 4.69) is 57.9 Å². The van der Waals surface area contributed by atoms with E-state index in [1.807, 2.05) is 7.05 Å². The van der Waals surface area contributed by atoms with Gasteiger partial charge in [0.1, 0.15) is 0 Å². The monoisotopic (exact) mass is 242 g/mol. The summed E-state index contributed by atoms with van der Waals surface area (Å²) in [6.07, 6.45) is 2.11. The van der Waals surface area contributed by atoms with E-state index in [-0.39, 0.29) is 0 Å². The SMILES string of the molecule is CNCc1cn2c(nc3cc(C(C)C)ccc32)[nH]1. The van der Waals surface area contributed by atoms with E-state index in [9.17, 15) is 0 Å². The van der Waals surface area contributed by atoms with Crippen molar-refractivity contribution in [3.8, 4) is 0 Å². The van der Waals surface area contributed by atoms with Crippen LogP contribution in [0.15, 0.2) is 24.4 Å². The molecule has 18 heavy (non-hydrogen) atoms. The van der Waals surface area contributed by atoms with Crippen molar-refractivity contribution in [1.82, 2.24) is 19.7 Å². The molecule has 3 rings (SSSR count). The molecule has 0 aliphatic heterocycles. The molecule has 0 unspecified atom stereocenters. The van der Waals surface area contributed by atoms with E-state index in [1.54, 1.807) is 0 Å². The molecule has 0 amide bonds. The van der Waals surface area contributed by atoms with Gasteiger partial charge in [-0.05, 0) is 30.7 Å². The van der Waals surface area contributed by atoms with E-state index < -0.39 is 0 Å². The van der Waals surface area contributed by atoms with Crippen molar-refractivity contribution in [2.45, 2.75) is 26.3 Å². The Bertz CT molecular complexity index is 690. The van der Waals surface area contributed by atoms with Crippen molar-refractivity contribution in [1.29, 1.82) is 0 Å². The predicted molar refractivity (Wildman–Crippen MR) is 73.9 cm³/mol. The number of nitrogens with zero attached hydrogens (tertiary/aromatic N) is 2. The van der Waals surface area contributed by atoms with Crippen LogP contribution in [-0.2, 0) is 6.54 Å². The molecule has 0 spiro atoms. The third kappa shape index (κ3) is 1.69. The highest BCUT2D eigenvalue weighted by atomic mass is 15.1. The van der Waals surface area contributed by atoms with Gasteiger partial charge in [-0.25, -0.2) is 4.98 Å². The zero-order valence-electron chi connectivity index (χ0n) is 11.0. The number of nitrogens with one attached hydrogen (secondary N) is 2. The van der Waals surface area contributed by atoms with Gasteiger partial charge in [0.25, 0.3) is 0 Å². The maximum Gasteiger partial charge on any atom is 0.212 e. The molecule has 0 radical (unpaired) electrons. The Labute approximate surface area is 106 Å². The third-order valence-corrected chi connectivity index (χ3v) is 3.30. The molecule has 2 heterocycles. The Morgan fingerprint density at radius 3 is 2.94 bits per heavy atom. The first-order valence-electron chi connectivity index (χ1n) is 6.33. The Morgan fingerprint density at radius 1 is 1.39 bits per heavy atom. The number of aromatic nitrogens is 3. The van der Waals surface area contributed by atoms with Crippen molar-refractivity contribution < 1.29 is 0 Å². The van der Waals surface area contributed by atoms with Crippen LogP contribution in [0.5, 0.6) is 0 Å². The number of H-pyrrole nitrogens is 1. The topological polar surface area (TPSA) is 45.1 Å². The predicted octanol–water partition coefficient (Wildman–Crippen LogP) is 2.66. The summed E-state index contributed by atoms with van der Waals surface area (Å²) in [4.78, 5) is 7.96. The van der Waals surface area contributed by atoms with Gasteiger partial charge in [0.05, 0.1) is 11.0 Å². The lowest BCUT2D eigenvalue weighted by atomic mass is 10.0. The van der Waals surface area contributed by atoms with Crippen LogP contribution in [-0.4, -0.2) is 21.4 Å². The molecule has 4 nitrogen and oxygen atoms in total. The fourth-order valence-corrected chi connectivity index (χ4v) is 2.31. The van der Waals surface area contributed by atoms with Crippen molar-refractivity contribution in [2.24, 2.45) is 0 Å². The second-order valence-corrected chi connectivity index (χ2v) is 5.02. The average molecular weight is 242 g/mol. The van der Waals surface area contributed by atoms with Crippen molar-refractivity contribution >= 4 is 16.8 Å². The van der Waals surface area contributed by atoms with Gasteiger partial charge in [0.2, 0.25) is 5.78 Å². The molecule has 3 aromatic rings. The molecule has 0 aliphatic carbocycles. The summed E-state index contributed by atoms with van der Waals surface area (Å²) in [5.74, 6) is 1.45. The van der Waals surface area contributed by atoms with Gasteiger partial charge < -0.3 is 10.3 Å². The molecule has 2 N–H and O–H groups in total. The molecular weight excluding hydrogens is 224 g/mol. The van der Waals surface area contributed by atoms with E-state index >= 15 is 0 Å². The zero-order chi connectivity index (χ0) is 12.7. The highest BCUT2D eigenvalue weighted by Crippen LogP contribution is 2.22. The summed E-state index contributed by atoms with van der Waals surface area (Å²) >= 11 is 0. The summed E-state index contributed by atoms with van der Waals surface area (Å²) < 4.78 is 2.12. The minimum atomic E-state index is 0.536. The summed E-state index contributed by atoms with van der Waals surface area (Å²) in [5, 5.41) is 3.13. The summed E-state index contributed by atoms with van der Waals surface area (Å²) in [6.45, 7) is 5.23. The smallest absolute Gasteiger partial charge is 0.212 e. The number of fused-ring (bicyclic) bond motifs is 3. The largest absolute Gasteiger partial charge is 0.326 e. The molecule has 0 saturated heterocycles. The first-order valence-corrected chi connectivity index (χ1v) is 6.33. The van der Waals surface area contributed by atoms with Gasteiger partial charge in [-0.1, -0.05) is 19.9 Å². The molecule has 0 fully saturated rings. The third-order valence-electron chi connectivity index (χ3n) is 3.30. The molecule has 1 aromatic carbocycles. The molecule has 94 valence electrons. The molecule has 0 aliphatic rings. The highest BCUT2D eigenvalue weighted by Gasteiger charge is 2.09. The molecular formula is C14H18N4. The van der Waals surface area contributed by atoms with E-state index in [0.29, 0.717) is 5.92 Å². The van der Waals surface area contributed by atoms with Gasteiger partial charge in [-0.3, -0.25) is 4.40 Å². The second kappa shape index (κ2) is 4.14. The lowest BCUT2D eigenvalue weighted by Gasteiger charge is -2.03. The van der Waals surface area contributed by atoms with Gasteiger partial charge in [0, 0.05) is 18.4 Å². The first kappa shape index (κ1) is 11.3. The fraction of sp³-hybridized carbons (Fsp3) is 0.357. The molecule has 0 bridgehead atoms. The highest BCUT2D eigenvalue weighted by molar-refractivity contribution is 5.80. The number of aromatic amines is 1.